The Bertz CT molecular complexity index is 3960. The minimum atomic E-state index is -5.26. The van der Waals surface area contributed by atoms with Crippen LogP contribution < -0.4 is 33.2 Å². The number of hydrogen-bond acceptors (Lipinski definition) is 15. The third kappa shape index (κ3) is 40.7. The second-order valence-electron chi connectivity index (χ2n) is 18.4. The molecule has 0 amide bonds. The predicted molar refractivity (Wildman–Crippen MR) is 319 cm³/mol. The molecule has 0 heterocycles. The van der Waals surface area contributed by atoms with E-state index in [1.165, 1.54) is 93.6 Å². The number of ether oxygens (including phenoxy) is 8. The van der Waals surface area contributed by atoms with E-state index in [0.29, 0.717) is 16.7 Å². The van der Waals surface area contributed by atoms with Crippen LogP contribution in [-0.2, 0) is 14.3 Å². The molecule has 570 valence electrons. The fourth-order valence-electron chi connectivity index (χ4n) is 6.59. The number of ketones is 2. The van der Waals surface area contributed by atoms with E-state index in [1.807, 2.05) is 0 Å². The van der Waals surface area contributed by atoms with Crippen molar-refractivity contribution in [1.82, 2.24) is 0 Å². The Hall–Kier alpha value is -9.92. The average molecular weight is 1650 g/mol. The van der Waals surface area contributed by atoms with Crippen LogP contribution in [0.3, 0.4) is 0 Å². The number of hydrogen-bond donors (Lipinski definition) is 2. The van der Waals surface area contributed by atoms with E-state index in [0.717, 1.165) is 37.4 Å². The van der Waals surface area contributed by atoms with Crippen LogP contribution in [0.2, 0.25) is 15.1 Å². The molecule has 7 aromatic rings. The van der Waals surface area contributed by atoms with Gasteiger partial charge in [-0.25, -0.2) is 23.2 Å². The molecular formula is C61H42BrCl3F22O17. The summed E-state index contributed by atoms with van der Waals surface area (Å²) in [5.74, 6) is -11.5. The zero-order valence-electron chi connectivity index (χ0n) is 52.0. The van der Waals surface area contributed by atoms with Crippen molar-refractivity contribution in [2.75, 3.05) is 7.11 Å². The van der Waals surface area contributed by atoms with Crippen LogP contribution in [0.15, 0.2) is 132 Å². The summed E-state index contributed by atoms with van der Waals surface area (Å²) in [6, 6.07) is 24.5. The maximum atomic E-state index is 12.9. The Morgan fingerprint density at radius 3 is 1.28 bits per heavy atom. The fourth-order valence-corrected chi connectivity index (χ4v) is 8.07. The molecule has 0 fully saturated rings. The van der Waals surface area contributed by atoms with Gasteiger partial charge in [0, 0.05) is 22.2 Å². The van der Waals surface area contributed by atoms with Gasteiger partial charge in [-0.05, 0) is 146 Å². The van der Waals surface area contributed by atoms with Gasteiger partial charge in [0.15, 0.2) is 28.9 Å². The molecule has 0 aromatic heterocycles. The van der Waals surface area contributed by atoms with Crippen LogP contribution >= 0.6 is 50.7 Å². The molecule has 0 bridgehead atoms. The molecule has 7 aromatic carbocycles. The maximum Gasteiger partial charge on any atom is 0.573 e. The highest BCUT2D eigenvalue weighted by Crippen LogP contribution is 2.40. The molecule has 0 spiro atoms. The van der Waals surface area contributed by atoms with Crippen LogP contribution in [0.4, 0.5) is 96.6 Å². The first-order chi connectivity index (χ1) is 47.4. The third-order valence-corrected chi connectivity index (χ3v) is 11.6. The molecule has 0 saturated carbocycles. The summed E-state index contributed by atoms with van der Waals surface area (Å²) >= 11 is 19.4. The molecule has 104 heavy (non-hydrogen) atoms. The van der Waals surface area contributed by atoms with E-state index in [-0.39, 0.29) is 88.9 Å². The second-order valence-corrected chi connectivity index (χ2v) is 20.5. The van der Waals surface area contributed by atoms with Crippen molar-refractivity contribution in [3.8, 4) is 40.2 Å². The topological polar surface area (TPSA) is 234 Å². The normalized spacial score (nSPS) is 10.9. The number of halogens is 26. The van der Waals surface area contributed by atoms with Crippen LogP contribution in [0.25, 0.3) is 0 Å². The summed E-state index contributed by atoms with van der Waals surface area (Å²) < 4.78 is 292. The number of rotatable bonds is 13. The van der Waals surface area contributed by atoms with Crippen molar-refractivity contribution in [1.29, 1.82) is 0 Å². The molecule has 0 saturated heterocycles. The van der Waals surface area contributed by atoms with Gasteiger partial charge in [0.1, 0.15) is 45.7 Å². The van der Waals surface area contributed by atoms with Gasteiger partial charge in [0.2, 0.25) is 0 Å². The van der Waals surface area contributed by atoms with Crippen molar-refractivity contribution in [2.24, 2.45) is 0 Å². The average Bonchev–Trinajstić information content (AvgIpc) is 0.833. The standard InChI is InChI=1S/C11H11F3O3.C9H7F3O2.C9H8F2O2.C8H6ClF3O.C8H3F5O3.C8H5F3O3.C7H2BrCl2F3O.CO2/c1-6-4-7(2)9(17-11(12,13)14)8(5-6)10(15)16-3;1-6(13)7-3-2-4-8(5-7)14-9(10,11)12;1-6(12)7-3-2-4-8(5-7)13-9(10)11;1-5-2-3-6(9)7(4-5)13-8(10,11)12;9-3-1-4(7(14)15)6(5(10)2-3)16-8(11,12)13;9-8(10,11)14-6-3-1-2-5(4-6)7(12)13;8-4-1-3(9)2-5(10)6(4)14-7(11,12)13;2-1-3/h4-5H,1-3H3;2-5H,1H3;2-5,9H,1H3;2-4H,1H3;1-2H,(H,14,15);1-4H,(H,12,13);1-2H;. The fraction of sp³-hybridized carbons (Fsp3) is 0.213. The lowest BCUT2D eigenvalue weighted by molar-refractivity contribution is -0.276. The van der Waals surface area contributed by atoms with E-state index < -0.39 is 103 Å². The highest BCUT2D eigenvalue weighted by molar-refractivity contribution is 9.10. The first-order valence-electron chi connectivity index (χ1n) is 26.3. The van der Waals surface area contributed by atoms with Gasteiger partial charge < -0.3 is 48.1 Å². The summed E-state index contributed by atoms with van der Waals surface area (Å²) in [6.45, 7) is 4.52. The summed E-state index contributed by atoms with van der Waals surface area (Å²) in [5.41, 5.74) is 0.345. The number of esters is 1. The SMILES string of the molecule is CC(=O)c1cccc(OC(F)(F)F)c1.CC(=O)c1cccc(OC(F)F)c1.COC(=O)c1cc(C)cc(C)c1OC(F)(F)F.Cc1ccc(Cl)c(OC(F)(F)F)c1.FC(F)(F)Oc1c(Cl)cc(Cl)cc1Br.O=C(O)c1cc(F)cc(F)c1OC(F)(F)F.O=C(O)c1cccc(OC(F)(F)F)c1.O=C=O. The second kappa shape index (κ2) is 42.0. The predicted octanol–water partition coefficient (Wildman–Crippen LogP) is 20.7. The lowest BCUT2D eigenvalue weighted by Crippen LogP contribution is -2.20. The summed E-state index contributed by atoms with van der Waals surface area (Å²) in [4.78, 5) is 70.1. The molecule has 0 radical (unpaired) electrons. The van der Waals surface area contributed by atoms with Crippen molar-refractivity contribution >= 4 is 86.4 Å². The molecule has 0 atom stereocenters. The van der Waals surface area contributed by atoms with E-state index in [4.69, 9.17) is 54.6 Å². The minimum Gasteiger partial charge on any atom is -0.478 e. The number of carbonyl (C=O) groups is 5. The van der Waals surface area contributed by atoms with Gasteiger partial charge in [-0.3, -0.25) is 9.59 Å². The van der Waals surface area contributed by atoms with Crippen LogP contribution in [0.1, 0.15) is 82.3 Å². The highest BCUT2D eigenvalue weighted by Gasteiger charge is 2.38. The van der Waals surface area contributed by atoms with Crippen molar-refractivity contribution < 1.29 is 178 Å². The van der Waals surface area contributed by atoms with Crippen LogP contribution in [-0.4, -0.2) is 97.7 Å². The monoisotopic (exact) mass is 1650 g/mol. The molecule has 2 N–H and O–H groups in total. The number of aromatic carboxylic acids is 2. The number of aryl methyl sites for hydroxylation is 3. The van der Waals surface area contributed by atoms with Crippen molar-refractivity contribution in [3.05, 3.63) is 203 Å². The van der Waals surface area contributed by atoms with Gasteiger partial charge in [0.05, 0.1) is 27.2 Å². The molecule has 17 nitrogen and oxygen atoms in total. The lowest BCUT2D eigenvalue weighted by atomic mass is 10.1. The van der Waals surface area contributed by atoms with E-state index in [1.54, 1.807) is 26.0 Å². The molecular weight excluding hydrogens is 1610 g/mol. The van der Waals surface area contributed by atoms with Crippen LogP contribution in [0.5, 0.6) is 40.2 Å². The molecule has 0 aliphatic rings. The van der Waals surface area contributed by atoms with E-state index in [9.17, 15) is 121 Å². The molecule has 0 aliphatic heterocycles. The summed E-state index contributed by atoms with van der Waals surface area (Å²) in [6.07, 6.45) is -28.9. The number of Topliss-reactive ketones (excluding diaryl/α,β-unsaturated/α-hetero) is 2. The number of benzene rings is 7. The first kappa shape index (κ1) is 94.1. The van der Waals surface area contributed by atoms with Gasteiger partial charge in [-0.2, -0.15) is 18.4 Å². The Labute approximate surface area is 592 Å². The van der Waals surface area contributed by atoms with Gasteiger partial charge in [-0.1, -0.05) is 77.3 Å². The van der Waals surface area contributed by atoms with Crippen molar-refractivity contribution in [2.45, 2.75) is 79.4 Å². The van der Waals surface area contributed by atoms with Crippen LogP contribution in [0, 0.1) is 32.4 Å². The smallest absolute Gasteiger partial charge is 0.478 e. The number of carboxylic acids is 2. The van der Waals surface area contributed by atoms with Gasteiger partial charge in [-0.15, -0.1) is 79.0 Å². The number of alkyl halides is 20. The Morgan fingerprint density at radius 1 is 0.462 bits per heavy atom. The maximum absolute atomic E-state index is 12.9. The molecule has 43 heteroatoms. The molecule has 0 aliphatic carbocycles. The quantitative estimate of drug-likeness (QED) is 0.0620. The zero-order valence-corrected chi connectivity index (χ0v) is 55.9. The van der Waals surface area contributed by atoms with Gasteiger partial charge >= 0.3 is 68.8 Å². The Balaban J connectivity index is 0.00000118. The number of methoxy groups -OCH3 is 1. The largest absolute Gasteiger partial charge is 0.573 e. The zero-order chi connectivity index (χ0) is 80.8. The van der Waals surface area contributed by atoms with E-state index in [2.05, 4.69) is 53.8 Å². The Kier molecular flexibility index (Phi) is 38.0. The van der Waals surface area contributed by atoms with E-state index >= 15 is 0 Å². The molecule has 7 rings (SSSR count). The Morgan fingerprint density at radius 2 is 0.875 bits per heavy atom. The number of carbonyl (C=O) groups excluding carboxylic acids is 5. The lowest BCUT2D eigenvalue weighted by Gasteiger charge is -2.15. The summed E-state index contributed by atoms with van der Waals surface area (Å²) in [5, 5.41) is 16.9. The summed E-state index contributed by atoms with van der Waals surface area (Å²) in [7, 11) is 1.09. The molecule has 0 unspecified atom stereocenters. The first-order valence-corrected chi connectivity index (χ1v) is 28.2. The highest BCUT2D eigenvalue weighted by atomic mass is 79.9. The number of carboxylic acid groups (broad SMARTS) is 2. The van der Waals surface area contributed by atoms with Crippen molar-refractivity contribution in [3.63, 3.8) is 0 Å². The van der Waals surface area contributed by atoms with Gasteiger partial charge in [0.25, 0.3) is 0 Å². The third-order valence-electron chi connectivity index (χ3n) is 10.2. The minimum absolute atomic E-state index is 0.00250.